The Kier molecular flexibility index (Phi) is 4.51. The van der Waals surface area contributed by atoms with Crippen molar-refractivity contribution >= 4 is 16.7 Å². The van der Waals surface area contributed by atoms with Crippen molar-refractivity contribution in [1.29, 1.82) is 0 Å². The summed E-state index contributed by atoms with van der Waals surface area (Å²) in [6.07, 6.45) is -4.51. The fraction of sp³-hybridized carbons (Fsp3) is 0.450. The summed E-state index contributed by atoms with van der Waals surface area (Å²) in [4.78, 5) is 12.0. The van der Waals surface area contributed by atoms with E-state index in [1.54, 1.807) is 26.0 Å². The number of amides is 1. The van der Waals surface area contributed by atoms with Gasteiger partial charge in [0.1, 0.15) is 6.04 Å². The highest BCUT2D eigenvalue weighted by Crippen LogP contribution is 2.42. The third-order valence-electron chi connectivity index (χ3n) is 4.90. The Morgan fingerprint density at radius 3 is 2.35 bits per heavy atom. The van der Waals surface area contributed by atoms with Gasteiger partial charge in [-0.1, -0.05) is 44.2 Å². The number of carbonyl (C=O) groups excluding carboxylic acids is 1. The van der Waals surface area contributed by atoms with Gasteiger partial charge in [0.15, 0.2) is 0 Å². The Morgan fingerprint density at radius 1 is 1.15 bits per heavy atom. The van der Waals surface area contributed by atoms with E-state index in [4.69, 9.17) is 0 Å². The lowest BCUT2D eigenvalue weighted by molar-refractivity contribution is -0.191. The van der Waals surface area contributed by atoms with Crippen LogP contribution in [0.15, 0.2) is 36.4 Å². The number of nitrogens with zero attached hydrogens (tertiary/aromatic N) is 1. The number of rotatable bonds is 3. The Bertz CT molecular complexity index is 843. The van der Waals surface area contributed by atoms with Crippen molar-refractivity contribution in [3.63, 3.8) is 0 Å². The van der Waals surface area contributed by atoms with Crippen molar-refractivity contribution in [2.75, 3.05) is 6.54 Å². The molecule has 0 bridgehead atoms. The second kappa shape index (κ2) is 6.27. The van der Waals surface area contributed by atoms with E-state index in [1.807, 2.05) is 38.1 Å². The summed E-state index contributed by atoms with van der Waals surface area (Å²) < 4.78 is 41.9. The van der Waals surface area contributed by atoms with Crippen LogP contribution in [-0.2, 0) is 4.79 Å². The average Bonchev–Trinajstić information content (AvgIpc) is 2.77. The number of benzene rings is 2. The molecule has 140 valence electrons. The molecule has 0 radical (unpaired) electrons. The van der Waals surface area contributed by atoms with Crippen LogP contribution in [0.4, 0.5) is 13.2 Å². The smallest absolute Gasteiger partial charge is 0.287 e. The molecular weight excluding hydrogens is 341 g/mol. The van der Waals surface area contributed by atoms with Gasteiger partial charge in [0, 0.05) is 6.54 Å². The normalized spacial score (nSPS) is 19.2. The molecule has 26 heavy (non-hydrogen) atoms. The van der Waals surface area contributed by atoms with Crippen LogP contribution in [-0.4, -0.2) is 23.6 Å². The topological polar surface area (TPSA) is 32.3 Å². The van der Waals surface area contributed by atoms with E-state index in [2.05, 4.69) is 5.43 Å². The lowest BCUT2D eigenvalue weighted by atomic mass is 9.90. The first-order valence-corrected chi connectivity index (χ1v) is 8.68. The van der Waals surface area contributed by atoms with E-state index >= 15 is 0 Å². The quantitative estimate of drug-likeness (QED) is 0.837. The highest BCUT2D eigenvalue weighted by molar-refractivity contribution is 5.87. The molecule has 0 spiro atoms. The van der Waals surface area contributed by atoms with Crippen LogP contribution in [0.3, 0.4) is 0 Å². The third-order valence-corrected chi connectivity index (χ3v) is 4.90. The first kappa shape index (κ1) is 18.7. The van der Waals surface area contributed by atoms with Gasteiger partial charge in [-0.2, -0.15) is 13.2 Å². The first-order chi connectivity index (χ1) is 12.0. The lowest BCUT2D eigenvalue weighted by Gasteiger charge is -2.30. The summed E-state index contributed by atoms with van der Waals surface area (Å²) in [7, 11) is 0. The molecule has 1 heterocycles. The van der Waals surface area contributed by atoms with Crippen molar-refractivity contribution in [2.24, 2.45) is 5.41 Å². The molecule has 3 nitrogen and oxygen atoms in total. The molecule has 0 aliphatic carbocycles. The number of alkyl halides is 3. The maximum absolute atomic E-state index is 14.0. The van der Waals surface area contributed by atoms with Crippen LogP contribution < -0.4 is 5.43 Å². The molecule has 1 fully saturated rings. The van der Waals surface area contributed by atoms with E-state index in [-0.39, 0.29) is 18.0 Å². The fourth-order valence-corrected chi connectivity index (χ4v) is 3.52. The Balaban J connectivity index is 2.15. The van der Waals surface area contributed by atoms with Gasteiger partial charge in [-0.05, 0) is 47.7 Å². The predicted molar refractivity (Wildman–Crippen MR) is 95.5 cm³/mol. The van der Waals surface area contributed by atoms with Crippen molar-refractivity contribution in [1.82, 2.24) is 10.4 Å². The second-order valence-electron chi connectivity index (χ2n) is 7.88. The van der Waals surface area contributed by atoms with Crippen LogP contribution in [0.5, 0.6) is 0 Å². The fourth-order valence-electron chi connectivity index (χ4n) is 3.52. The number of hydrazine groups is 1. The van der Waals surface area contributed by atoms with Crippen LogP contribution in [0, 0.1) is 5.41 Å². The van der Waals surface area contributed by atoms with Crippen LogP contribution in [0.1, 0.15) is 50.8 Å². The van der Waals surface area contributed by atoms with Crippen LogP contribution in [0.25, 0.3) is 10.8 Å². The summed E-state index contributed by atoms with van der Waals surface area (Å²) in [5.74, 6) is -0.310. The number of halogens is 3. The molecule has 6 heteroatoms. The van der Waals surface area contributed by atoms with Gasteiger partial charge in [0.2, 0.25) is 5.91 Å². The van der Waals surface area contributed by atoms with Crippen molar-refractivity contribution < 1.29 is 18.0 Å². The standard InChI is InChI=1S/C20H23F3N2O/c1-12(2)16-10-14(9-13-7-5-6-8-15(13)16)17(20(21,22)23)25-11-19(3,4)18(26)24-25/h5-10,12,17H,11H2,1-4H3,(H,24,26). The van der Waals surface area contributed by atoms with Gasteiger partial charge in [-0.15, -0.1) is 0 Å². The van der Waals surface area contributed by atoms with Crippen LogP contribution >= 0.6 is 0 Å². The summed E-state index contributed by atoms with van der Waals surface area (Å²) in [5, 5.41) is 2.75. The molecule has 1 atom stereocenters. The number of fused-ring (bicyclic) bond motifs is 1. The molecule has 1 aliphatic rings. The Labute approximate surface area is 151 Å². The summed E-state index contributed by atoms with van der Waals surface area (Å²) >= 11 is 0. The maximum atomic E-state index is 14.0. The number of nitrogens with one attached hydrogen (secondary N) is 1. The first-order valence-electron chi connectivity index (χ1n) is 8.68. The van der Waals surface area contributed by atoms with Gasteiger partial charge >= 0.3 is 6.18 Å². The number of hydrogen-bond acceptors (Lipinski definition) is 2. The van der Waals surface area contributed by atoms with E-state index < -0.39 is 23.5 Å². The third kappa shape index (κ3) is 3.30. The number of hydrogen-bond donors (Lipinski definition) is 1. The van der Waals surface area contributed by atoms with Gasteiger partial charge in [0.25, 0.3) is 0 Å². The summed E-state index contributed by atoms with van der Waals surface area (Å²) in [6, 6.07) is 8.79. The minimum atomic E-state index is -4.51. The van der Waals surface area contributed by atoms with E-state index in [9.17, 15) is 18.0 Å². The Hall–Kier alpha value is -2.08. The van der Waals surface area contributed by atoms with Gasteiger partial charge in [-0.3, -0.25) is 10.2 Å². The van der Waals surface area contributed by atoms with Crippen LogP contribution in [0.2, 0.25) is 0 Å². The van der Waals surface area contributed by atoms with Gasteiger partial charge < -0.3 is 0 Å². The molecule has 1 saturated heterocycles. The van der Waals surface area contributed by atoms with Gasteiger partial charge in [0.05, 0.1) is 5.41 Å². The highest BCUT2D eigenvalue weighted by Gasteiger charge is 2.51. The molecule has 1 unspecified atom stereocenters. The molecule has 1 N–H and O–H groups in total. The van der Waals surface area contributed by atoms with Crippen molar-refractivity contribution in [3.05, 3.63) is 47.5 Å². The molecule has 1 amide bonds. The predicted octanol–water partition coefficient (Wildman–Crippen LogP) is 4.94. The van der Waals surface area contributed by atoms with Gasteiger partial charge in [-0.25, -0.2) is 5.01 Å². The number of carbonyl (C=O) groups is 1. The zero-order valence-corrected chi connectivity index (χ0v) is 15.3. The van der Waals surface area contributed by atoms with E-state index in [1.165, 1.54) is 0 Å². The minimum Gasteiger partial charge on any atom is -0.287 e. The highest BCUT2D eigenvalue weighted by atomic mass is 19.4. The lowest BCUT2D eigenvalue weighted by Crippen LogP contribution is -2.43. The molecule has 1 aliphatic heterocycles. The SMILES string of the molecule is CC(C)c1cc(C(N2CC(C)(C)C(=O)N2)C(F)(F)F)cc2ccccc12. The average molecular weight is 364 g/mol. The maximum Gasteiger partial charge on any atom is 0.409 e. The molecule has 3 rings (SSSR count). The summed E-state index contributed by atoms with van der Waals surface area (Å²) in [5.41, 5.74) is 2.58. The Morgan fingerprint density at radius 2 is 1.81 bits per heavy atom. The molecule has 2 aromatic rings. The van der Waals surface area contributed by atoms with E-state index in [0.29, 0.717) is 0 Å². The molecular formula is C20H23F3N2O. The monoisotopic (exact) mass is 364 g/mol. The molecule has 0 saturated carbocycles. The van der Waals surface area contributed by atoms with E-state index in [0.717, 1.165) is 21.3 Å². The largest absolute Gasteiger partial charge is 0.409 e. The second-order valence-corrected chi connectivity index (χ2v) is 7.88. The minimum absolute atomic E-state index is 0.000150. The zero-order chi connectivity index (χ0) is 19.3. The molecule has 0 aromatic heterocycles. The zero-order valence-electron chi connectivity index (χ0n) is 15.3. The summed E-state index contributed by atoms with van der Waals surface area (Å²) in [6.45, 7) is 7.23. The molecule has 2 aromatic carbocycles. The van der Waals surface area contributed by atoms with Crippen molar-refractivity contribution in [3.8, 4) is 0 Å². The van der Waals surface area contributed by atoms with Crippen molar-refractivity contribution in [2.45, 2.75) is 45.8 Å².